The first-order chi connectivity index (χ1) is 6.90. The molecule has 1 rings (SSSR count). The normalized spacial score (nSPS) is 11.2. The van der Waals surface area contributed by atoms with E-state index in [4.69, 9.17) is 16.9 Å². The Labute approximate surface area is 90.1 Å². The number of hydrogen-bond acceptors (Lipinski definition) is 1. The minimum Gasteiger partial charge on any atom is -0.192 e. The molecule has 1 aromatic carbocycles. The van der Waals surface area contributed by atoms with Gasteiger partial charge in [0.2, 0.25) is 0 Å². The van der Waals surface area contributed by atoms with Crippen LogP contribution in [0, 0.1) is 18.3 Å². The van der Waals surface area contributed by atoms with E-state index in [0.29, 0.717) is 5.56 Å². The van der Waals surface area contributed by atoms with E-state index >= 15 is 0 Å². The Morgan fingerprint density at radius 3 is 2.40 bits per heavy atom. The Morgan fingerprint density at radius 2 is 2.00 bits per heavy atom. The fraction of sp³-hybridized carbons (Fsp3) is 0.300. The van der Waals surface area contributed by atoms with Crippen LogP contribution in [0.5, 0.6) is 0 Å². The third kappa shape index (κ3) is 2.42. The molecule has 0 aliphatic carbocycles. The van der Waals surface area contributed by atoms with Gasteiger partial charge in [-0.05, 0) is 30.2 Å². The summed E-state index contributed by atoms with van der Waals surface area (Å²) in [4.78, 5) is 0. The van der Waals surface area contributed by atoms with Gasteiger partial charge in [-0.2, -0.15) is 18.4 Å². The molecular formula is C10H7ClF3N. The van der Waals surface area contributed by atoms with Crippen LogP contribution in [0.3, 0.4) is 0 Å². The zero-order valence-corrected chi connectivity index (χ0v) is 8.58. The lowest BCUT2D eigenvalue weighted by Gasteiger charge is -2.11. The quantitative estimate of drug-likeness (QED) is 0.680. The van der Waals surface area contributed by atoms with Crippen molar-refractivity contribution in [2.24, 2.45) is 0 Å². The second kappa shape index (κ2) is 4.11. The smallest absolute Gasteiger partial charge is 0.192 e. The van der Waals surface area contributed by atoms with Crippen LogP contribution >= 0.6 is 11.6 Å². The SMILES string of the molecule is Cc1cc(C(F)(F)F)cc(CCl)c1C#N. The molecule has 5 heteroatoms. The molecule has 0 spiro atoms. The van der Waals surface area contributed by atoms with Crippen LogP contribution in [-0.2, 0) is 12.1 Å². The number of benzene rings is 1. The molecule has 0 atom stereocenters. The van der Waals surface area contributed by atoms with Gasteiger partial charge in [-0.25, -0.2) is 0 Å². The lowest BCUT2D eigenvalue weighted by Crippen LogP contribution is -2.07. The highest BCUT2D eigenvalue weighted by molar-refractivity contribution is 6.17. The molecule has 0 bridgehead atoms. The lowest BCUT2D eigenvalue weighted by atomic mass is 10.00. The van der Waals surface area contributed by atoms with E-state index < -0.39 is 11.7 Å². The van der Waals surface area contributed by atoms with Crippen LogP contribution < -0.4 is 0 Å². The van der Waals surface area contributed by atoms with Crippen molar-refractivity contribution in [3.63, 3.8) is 0 Å². The fourth-order valence-electron chi connectivity index (χ4n) is 1.29. The molecule has 0 N–H and O–H groups in total. The van der Waals surface area contributed by atoms with Gasteiger partial charge < -0.3 is 0 Å². The Morgan fingerprint density at radius 1 is 1.40 bits per heavy atom. The number of rotatable bonds is 1. The first-order valence-corrected chi connectivity index (χ1v) is 4.60. The third-order valence-electron chi connectivity index (χ3n) is 2.00. The van der Waals surface area contributed by atoms with Crippen molar-refractivity contribution in [2.75, 3.05) is 0 Å². The predicted octanol–water partition coefficient (Wildman–Crippen LogP) is 3.62. The minimum absolute atomic E-state index is 0.104. The van der Waals surface area contributed by atoms with E-state index in [1.165, 1.54) is 6.92 Å². The lowest BCUT2D eigenvalue weighted by molar-refractivity contribution is -0.137. The zero-order chi connectivity index (χ0) is 11.6. The summed E-state index contributed by atoms with van der Waals surface area (Å²) in [7, 11) is 0. The molecule has 80 valence electrons. The monoisotopic (exact) mass is 233 g/mol. The molecule has 0 saturated carbocycles. The molecule has 0 aliphatic rings. The maximum Gasteiger partial charge on any atom is 0.416 e. The van der Waals surface area contributed by atoms with Crippen LogP contribution in [0.1, 0.15) is 22.3 Å². The molecule has 1 aromatic rings. The average molecular weight is 234 g/mol. The number of halogens is 4. The standard InChI is InChI=1S/C10H7ClF3N/c1-6-2-8(10(12,13)14)3-7(4-11)9(6)5-15/h2-3H,4H2,1H3. The number of aryl methyl sites for hydroxylation is 1. The van der Waals surface area contributed by atoms with Crippen LogP contribution in [0.4, 0.5) is 13.2 Å². The Bertz CT molecular complexity index is 418. The minimum atomic E-state index is -4.40. The molecule has 0 saturated heterocycles. The predicted molar refractivity (Wildman–Crippen MR) is 50.5 cm³/mol. The van der Waals surface area contributed by atoms with E-state index in [9.17, 15) is 13.2 Å². The van der Waals surface area contributed by atoms with Crippen molar-refractivity contribution < 1.29 is 13.2 Å². The van der Waals surface area contributed by atoms with Crippen LogP contribution in [0.15, 0.2) is 12.1 Å². The highest BCUT2D eigenvalue weighted by atomic mass is 35.5. The van der Waals surface area contributed by atoms with E-state index in [0.717, 1.165) is 12.1 Å². The van der Waals surface area contributed by atoms with Gasteiger partial charge in [0, 0.05) is 5.88 Å². The molecule has 1 nitrogen and oxygen atoms in total. The summed E-state index contributed by atoms with van der Waals surface area (Å²) in [6.07, 6.45) is -4.40. The highest BCUT2D eigenvalue weighted by Gasteiger charge is 2.31. The van der Waals surface area contributed by atoms with Crippen molar-refractivity contribution in [1.29, 1.82) is 5.26 Å². The van der Waals surface area contributed by atoms with Crippen molar-refractivity contribution in [3.8, 4) is 6.07 Å². The van der Waals surface area contributed by atoms with Crippen molar-refractivity contribution in [2.45, 2.75) is 19.0 Å². The summed E-state index contributed by atoms with van der Waals surface area (Å²) < 4.78 is 37.2. The fourth-order valence-corrected chi connectivity index (χ4v) is 1.50. The summed E-state index contributed by atoms with van der Waals surface area (Å²) in [6.45, 7) is 1.46. The Kier molecular flexibility index (Phi) is 3.25. The second-order valence-electron chi connectivity index (χ2n) is 3.07. The van der Waals surface area contributed by atoms with E-state index in [1.807, 2.05) is 6.07 Å². The van der Waals surface area contributed by atoms with Gasteiger partial charge >= 0.3 is 6.18 Å². The summed E-state index contributed by atoms with van der Waals surface area (Å²) in [5, 5.41) is 8.73. The Balaban J connectivity index is 3.40. The topological polar surface area (TPSA) is 23.8 Å². The molecule has 0 fully saturated rings. The van der Waals surface area contributed by atoms with Crippen molar-refractivity contribution in [1.82, 2.24) is 0 Å². The summed E-state index contributed by atoms with van der Waals surface area (Å²) in [5.74, 6) is -0.104. The summed E-state index contributed by atoms with van der Waals surface area (Å²) in [5.41, 5.74) is -0.0397. The van der Waals surface area contributed by atoms with Crippen molar-refractivity contribution >= 4 is 11.6 Å². The van der Waals surface area contributed by atoms with E-state index in [2.05, 4.69) is 0 Å². The number of nitriles is 1. The van der Waals surface area contributed by atoms with Gasteiger partial charge in [0.1, 0.15) is 0 Å². The highest BCUT2D eigenvalue weighted by Crippen LogP contribution is 2.32. The number of hydrogen-bond donors (Lipinski definition) is 0. The van der Waals surface area contributed by atoms with Crippen LogP contribution in [-0.4, -0.2) is 0 Å². The average Bonchev–Trinajstić information content (AvgIpc) is 2.15. The maximum atomic E-state index is 12.4. The molecule has 0 aromatic heterocycles. The second-order valence-corrected chi connectivity index (χ2v) is 3.34. The first-order valence-electron chi connectivity index (χ1n) is 4.07. The van der Waals surface area contributed by atoms with Gasteiger partial charge in [-0.1, -0.05) is 0 Å². The molecule has 0 unspecified atom stereocenters. The van der Waals surface area contributed by atoms with Gasteiger partial charge in [0.05, 0.1) is 17.2 Å². The largest absolute Gasteiger partial charge is 0.416 e. The van der Waals surface area contributed by atoms with Gasteiger partial charge in [0.15, 0.2) is 0 Å². The van der Waals surface area contributed by atoms with Crippen LogP contribution in [0.25, 0.3) is 0 Å². The summed E-state index contributed by atoms with van der Waals surface area (Å²) in [6, 6.07) is 3.71. The first kappa shape index (κ1) is 11.9. The summed E-state index contributed by atoms with van der Waals surface area (Å²) >= 11 is 5.49. The van der Waals surface area contributed by atoms with E-state index in [-0.39, 0.29) is 17.0 Å². The van der Waals surface area contributed by atoms with E-state index in [1.54, 1.807) is 0 Å². The Hall–Kier alpha value is -1.21. The van der Waals surface area contributed by atoms with Crippen molar-refractivity contribution in [3.05, 3.63) is 34.4 Å². The molecule has 0 amide bonds. The molecule has 0 radical (unpaired) electrons. The number of alkyl halides is 4. The van der Waals surface area contributed by atoms with Gasteiger partial charge in [-0.15, -0.1) is 11.6 Å². The van der Waals surface area contributed by atoms with Gasteiger partial charge in [0.25, 0.3) is 0 Å². The molecule has 0 heterocycles. The van der Waals surface area contributed by atoms with Crippen LogP contribution in [0.2, 0.25) is 0 Å². The molecule has 15 heavy (non-hydrogen) atoms. The number of nitrogens with zero attached hydrogens (tertiary/aromatic N) is 1. The van der Waals surface area contributed by atoms with Gasteiger partial charge in [-0.3, -0.25) is 0 Å². The maximum absolute atomic E-state index is 12.4. The third-order valence-corrected chi connectivity index (χ3v) is 2.29. The molecule has 0 aliphatic heterocycles. The molecular weight excluding hydrogens is 227 g/mol. The zero-order valence-electron chi connectivity index (χ0n) is 7.82.